The van der Waals surface area contributed by atoms with Crippen molar-refractivity contribution < 1.29 is 14.4 Å². The maximum Gasteiger partial charge on any atom is 0.296 e. The Bertz CT molecular complexity index is 1860. The van der Waals surface area contributed by atoms with Gasteiger partial charge in [-0.05, 0) is 105 Å². The first kappa shape index (κ1) is 28.9. The second-order valence-electron chi connectivity index (χ2n) is 10.6. The Kier molecular flexibility index (Phi) is 7.75. The van der Waals surface area contributed by atoms with E-state index in [1.54, 1.807) is 18.3 Å². The van der Waals surface area contributed by atoms with E-state index in [0.717, 1.165) is 39.6 Å². The Balaban J connectivity index is 1.44. The molecular weight excluding hydrogens is 574 g/mol. The highest BCUT2D eigenvalue weighted by molar-refractivity contribution is 7.80. The zero-order valence-corrected chi connectivity index (χ0v) is 25.5. The van der Waals surface area contributed by atoms with Gasteiger partial charge in [0.15, 0.2) is 5.11 Å². The molecule has 2 atom stereocenters. The Labute approximate surface area is 260 Å². The molecule has 6 rings (SSSR count). The van der Waals surface area contributed by atoms with Crippen molar-refractivity contribution >= 4 is 28.7 Å². The van der Waals surface area contributed by atoms with Crippen LogP contribution < -0.4 is 19.7 Å². The highest BCUT2D eigenvalue weighted by Crippen LogP contribution is 2.45. The van der Waals surface area contributed by atoms with Gasteiger partial charge in [0.1, 0.15) is 22.9 Å². The first-order valence-corrected chi connectivity index (χ1v) is 14.5. The van der Waals surface area contributed by atoms with Gasteiger partial charge in [-0.1, -0.05) is 24.3 Å². The molecule has 44 heavy (non-hydrogen) atoms. The van der Waals surface area contributed by atoms with Crippen LogP contribution in [0.4, 0.5) is 11.4 Å². The number of rotatable bonds is 8. The number of nitro benzene ring substituents is 1. The SMILES string of the molecule is COc1ccc(-n2c(C)cc([C@@H]3[C@@H](c4ccccn4)NC(=S)N3c3ccc(Oc4ccccc4C)cc3)c2C)c([N+](=O)[O-])c1. The van der Waals surface area contributed by atoms with E-state index in [1.165, 1.54) is 13.2 Å². The van der Waals surface area contributed by atoms with Crippen LogP contribution in [-0.2, 0) is 0 Å². The number of methoxy groups -OCH3 is 1. The van der Waals surface area contributed by atoms with Crippen molar-refractivity contribution in [2.24, 2.45) is 0 Å². The fraction of sp³-hybridized carbons (Fsp3) is 0.176. The third kappa shape index (κ3) is 5.24. The van der Waals surface area contributed by atoms with Crippen LogP contribution in [0.5, 0.6) is 17.2 Å². The van der Waals surface area contributed by atoms with Crippen LogP contribution in [0.25, 0.3) is 5.69 Å². The first-order valence-electron chi connectivity index (χ1n) is 14.1. The second kappa shape index (κ2) is 11.8. The lowest BCUT2D eigenvalue weighted by molar-refractivity contribution is -0.384. The fourth-order valence-corrected chi connectivity index (χ4v) is 6.19. The van der Waals surface area contributed by atoms with Gasteiger partial charge in [0.05, 0.1) is 35.9 Å². The van der Waals surface area contributed by atoms with Crippen LogP contribution in [0.2, 0.25) is 0 Å². The molecule has 0 aliphatic carbocycles. The zero-order valence-electron chi connectivity index (χ0n) is 24.7. The number of thiocarbonyl (C=S) groups is 1. The Hall–Kier alpha value is -5.22. The van der Waals surface area contributed by atoms with Gasteiger partial charge in [0.2, 0.25) is 0 Å². The van der Waals surface area contributed by atoms with Crippen LogP contribution in [0.1, 0.15) is 40.3 Å². The molecule has 0 bridgehead atoms. The van der Waals surface area contributed by atoms with E-state index in [1.807, 2.05) is 92.1 Å². The quantitative estimate of drug-likeness (QED) is 0.109. The molecule has 3 aromatic carbocycles. The van der Waals surface area contributed by atoms with Gasteiger partial charge in [-0.25, -0.2) is 0 Å². The number of anilines is 1. The Morgan fingerprint density at radius 2 is 1.66 bits per heavy atom. The van der Waals surface area contributed by atoms with Gasteiger partial charge in [-0.3, -0.25) is 15.1 Å². The van der Waals surface area contributed by atoms with Crippen LogP contribution in [-0.4, -0.2) is 26.7 Å². The summed E-state index contributed by atoms with van der Waals surface area (Å²) in [5.74, 6) is 1.93. The molecule has 2 aromatic heterocycles. The molecule has 1 N–H and O–H groups in total. The molecule has 1 saturated heterocycles. The van der Waals surface area contributed by atoms with Crippen molar-refractivity contribution in [3.8, 4) is 22.9 Å². The van der Waals surface area contributed by atoms with Crippen molar-refractivity contribution in [1.29, 1.82) is 0 Å². The molecule has 222 valence electrons. The van der Waals surface area contributed by atoms with E-state index in [2.05, 4.69) is 21.3 Å². The molecule has 0 saturated carbocycles. The smallest absolute Gasteiger partial charge is 0.296 e. The van der Waals surface area contributed by atoms with Crippen molar-refractivity contribution in [3.05, 3.63) is 136 Å². The number of ether oxygens (including phenoxy) is 2. The molecule has 3 heterocycles. The second-order valence-corrected chi connectivity index (χ2v) is 11.0. The van der Waals surface area contributed by atoms with E-state index >= 15 is 0 Å². The Morgan fingerprint density at radius 1 is 0.932 bits per heavy atom. The lowest BCUT2D eigenvalue weighted by atomic mass is 9.96. The van der Waals surface area contributed by atoms with Gasteiger partial charge in [-0.2, -0.15) is 0 Å². The molecule has 10 heteroatoms. The van der Waals surface area contributed by atoms with Crippen molar-refractivity contribution in [2.75, 3.05) is 12.0 Å². The van der Waals surface area contributed by atoms with Crippen LogP contribution in [0, 0.1) is 30.9 Å². The zero-order chi connectivity index (χ0) is 31.0. The number of nitro groups is 1. The molecular formula is C34H31N5O4S. The van der Waals surface area contributed by atoms with Crippen LogP contribution >= 0.6 is 12.2 Å². The summed E-state index contributed by atoms with van der Waals surface area (Å²) in [7, 11) is 1.49. The summed E-state index contributed by atoms with van der Waals surface area (Å²) in [4.78, 5) is 18.5. The number of nitrogens with one attached hydrogen (secondary N) is 1. The third-order valence-electron chi connectivity index (χ3n) is 7.94. The van der Waals surface area contributed by atoms with Crippen molar-refractivity contribution in [3.63, 3.8) is 0 Å². The summed E-state index contributed by atoms with van der Waals surface area (Å²) in [5, 5.41) is 16.2. The summed E-state index contributed by atoms with van der Waals surface area (Å²) < 4.78 is 13.3. The van der Waals surface area contributed by atoms with Gasteiger partial charge in [-0.15, -0.1) is 0 Å². The summed E-state index contributed by atoms with van der Waals surface area (Å²) in [6.07, 6.45) is 1.77. The first-order chi connectivity index (χ1) is 21.3. The van der Waals surface area contributed by atoms with E-state index in [9.17, 15) is 10.1 Å². The number of benzene rings is 3. The standard InChI is InChI=1S/C34H31N5O4S/c1-21-9-5-6-11-31(21)43-25-14-12-24(13-15-25)38-33(32(36-34(38)44)28-10-7-8-18-35-28)27-19-22(2)37(23(27)3)29-17-16-26(42-4)20-30(29)39(40)41/h5-20,32-33H,1-4H3,(H,36,44)/t32-,33-/m1/s1. The van der Waals surface area contributed by atoms with Crippen molar-refractivity contribution in [2.45, 2.75) is 32.9 Å². The highest BCUT2D eigenvalue weighted by atomic mass is 32.1. The number of aromatic nitrogens is 2. The largest absolute Gasteiger partial charge is 0.496 e. The van der Waals surface area contributed by atoms with Crippen molar-refractivity contribution in [1.82, 2.24) is 14.9 Å². The van der Waals surface area contributed by atoms with Crippen LogP contribution in [0.3, 0.4) is 0 Å². The van der Waals surface area contributed by atoms with Gasteiger partial charge >= 0.3 is 0 Å². The number of pyridine rings is 1. The minimum atomic E-state index is -0.383. The number of hydrogen-bond acceptors (Lipinski definition) is 6. The summed E-state index contributed by atoms with van der Waals surface area (Å²) >= 11 is 5.94. The number of hydrogen-bond donors (Lipinski definition) is 1. The topological polar surface area (TPSA) is 94.7 Å². The normalized spacial score (nSPS) is 16.1. The fourth-order valence-electron chi connectivity index (χ4n) is 5.84. The molecule has 0 spiro atoms. The molecule has 5 aromatic rings. The van der Waals surface area contributed by atoms with Gasteiger partial charge in [0, 0.05) is 23.3 Å². The lowest BCUT2D eigenvalue weighted by Gasteiger charge is -2.28. The predicted octanol–water partition coefficient (Wildman–Crippen LogP) is 7.68. The minimum Gasteiger partial charge on any atom is -0.496 e. The Morgan fingerprint density at radius 3 is 2.34 bits per heavy atom. The van der Waals surface area contributed by atoms with E-state index < -0.39 is 0 Å². The molecule has 1 fully saturated rings. The van der Waals surface area contributed by atoms with E-state index in [4.69, 9.17) is 21.7 Å². The summed E-state index contributed by atoms with van der Waals surface area (Å²) in [6.45, 7) is 5.94. The van der Waals surface area contributed by atoms with Gasteiger partial charge in [0.25, 0.3) is 5.69 Å². The number of para-hydroxylation sites is 1. The monoisotopic (exact) mass is 605 g/mol. The van der Waals surface area contributed by atoms with E-state index in [-0.39, 0.29) is 22.7 Å². The molecule has 1 aliphatic heterocycles. The summed E-state index contributed by atoms with van der Waals surface area (Å²) in [6, 6.07) is 27.9. The number of aryl methyl sites for hydroxylation is 2. The average Bonchev–Trinajstić information content (AvgIpc) is 3.53. The molecule has 0 radical (unpaired) electrons. The maximum atomic E-state index is 12.1. The third-order valence-corrected chi connectivity index (χ3v) is 8.26. The number of nitrogens with zero attached hydrogens (tertiary/aromatic N) is 4. The van der Waals surface area contributed by atoms with Gasteiger partial charge < -0.3 is 24.3 Å². The minimum absolute atomic E-state index is 0.0415. The average molecular weight is 606 g/mol. The molecule has 0 unspecified atom stereocenters. The molecule has 1 aliphatic rings. The molecule has 9 nitrogen and oxygen atoms in total. The lowest BCUT2D eigenvalue weighted by Crippen LogP contribution is -2.29. The predicted molar refractivity (Wildman–Crippen MR) is 174 cm³/mol. The summed E-state index contributed by atoms with van der Waals surface area (Å²) in [5.41, 5.74) is 5.86. The van der Waals surface area contributed by atoms with Crippen LogP contribution in [0.15, 0.2) is 97.2 Å². The maximum absolute atomic E-state index is 12.1. The highest BCUT2D eigenvalue weighted by Gasteiger charge is 2.42. The van der Waals surface area contributed by atoms with E-state index in [0.29, 0.717) is 22.3 Å². The molecule has 0 amide bonds.